The van der Waals surface area contributed by atoms with Crippen LogP contribution < -0.4 is 6.15 Å². The molecule has 0 spiro atoms. The fourth-order valence-electron chi connectivity index (χ4n) is 0.513. The van der Waals surface area contributed by atoms with Gasteiger partial charge in [-0.15, -0.1) is 0 Å². The van der Waals surface area contributed by atoms with Gasteiger partial charge in [0.1, 0.15) is 0 Å². The van der Waals surface area contributed by atoms with Crippen LogP contribution in [0.3, 0.4) is 0 Å². The van der Waals surface area contributed by atoms with Gasteiger partial charge >= 0.3 is 5.97 Å². The summed E-state index contributed by atoms with van der Waals surface area (Å²) in [6.45, 7) is 1.76. The highest BCUT2D eigenvalue weighted by Gasteiger charge is 2.10. The lowest BCUT2D eigenvalue weighted by Crippen LogP contribution is -2.13. The average Bonchev–Trinajstić information content (AvgIpc) is 1.87. The summed E-state index contributed by atoms with van der Waals surface area (Å²) in [4.78, 5) is 10.6. The molecule has 4 nitrogen and oxygen atoms in total. The summed E-state index contributed by atoms with van der Waals surface area (Å²) in [6.07, 6.45) is 0.479. The van der Waals surface area contributed by atoms with Gasteiger partial charge in [-0.3, -0.25) is 4.79 Å². The Morgan fingerprint density at radius 3 is 2.50 bits per heavy atom. The topological polar surface area (TPSA) is 81.5 Å². The Bertz CT molecular complexity index is 95.0. The quantitative estimate of drug-likeness (QED) is 0.567. The van der Waals surface area contributed by atoms with Crippen molar-refractivity contribution in [2.45, 2.75) is 13.3 Å². The van der Waals surface area contributed by atoms with Crippen LogP contribution in [-0.4, -0.2) is 24.8 Å². The molecule has 0 aliphatic rings. The number of rotatable bonds is 3. The van der Waals surface area contributed by atoms with Gasteiger partial charge < -0.3 is 16.0 Å². The number of ether oxygens (including phenoxy) is 1. The summed E-state index contributed by atoms with van der Waals surface area (Å²) in [7, 11) is 1.34. The van der Waals surface area contributed by atoms with Gasteiger partial charge in [0, 0.05) is 6.61 Å². The van der Waals surface area contributed by atoms with Crippen molar-refractivity contribution in [3.63, 3.8) is 0 Å². The molecule has 62 valence electrons. The molecular formula is C6H15NO3. The average molecular weight is 149 g/mol. The van der Waals surface area contributed by atoms with Crippen LogP contribution in [0.4, 0.5) is 0 Å². The van der Waals surface area contributed by atoms with E-state index in [1.54, 1.807) is 6.92 Å². The first-order valence-electron chi connectivity index (χ1n) is 2.91. The molecule has 0 aliphatic carbocycles. The molecule has 0 saturated carbocycles. The summed E-state index contributed by atoms with van der Waals surface area (Å²) in [5, 5.41) is 8.37. The molecule has 10 heavy (non-hydrogen) atoms. The van der Waals surface area contributed by atoms with Crippen molar-refractivity contribution in [3.8, 4) is 0 Å². The van der Waals surface area contributed by atoms with E-state index in [-0.39, 0.29) is 24.6 Å². The molecule has 0 aromatic heterocycles. The zero-order chi connectivity index (χ0) is 7.28. The minimum Gasteiger partial charge on any atom is -0.469 e. The lowest BCUT2D eigenvalue weighted by atomic mass is 10.1. The molecule has 0 bridgehead atoms. The number of aliphatic hydroxyl groups is 1. The first-order valence-corrected chi connectivity index (χ1v) is 2.91. The SMILES string of the molecule is COC(=O)C(C)CCO.N. The predicted molar refractivity (Wildman–Crippen MR) is 37.9 cm³/mol. The van der Waals surface area contributed by atoms with E-state index in [0.717, 1.165) is 0 Å². The second kappa shape index (κ2) is 6.51. The zero-order valence-corrected chi connectivity index (χ0v) is 6.46. The van der Waals surface area contributed by atoms with Crippen LogP contribution >= 0.6 is 0 Å². The van der Waals surface area contributed by atoms with Crippen LogP contribution in [0.5, 0.6) is 0 Å². The number of aliphatic hydroxyl groups excluding tert-OH is 1. The normalized spacial score (nSPS) is 11.5. The summed E-state index contributed by atoms with van der Waals surface area (Å²) < 4.78 is 4.41. The smallest absolute Gasteiger partial charge is 0.308 e. The zero-order valence-electron chi connectivity index (χ0n) is 6.46. The maximum Gasteiger partial charge on any atom is 0.308 e. The Morgan fingerprint density at radius 2 is 2.20 bits per heavy atom. The van der Waals surface area contributed by atoms with E-state index >= 15 is 0 Å². The lowest BCUT2D eigenvalue weighted by molar-refractivity contribution is -0.145. The van der Waals surface area contributed by atoms with Gasteiger partial charge in [-0.1, -0.05) is 6.92 Å². The Hall–Kier alpha value is -0.610. The Kier molecular flexibility index (Phi) is 7.88. The van der Waals surface area contributed by atoms with Crippen molar-refractivity contribution in [1.29, 1.82) is 0 Å². The van der Waals surface area contributed by atoms with Crippen LogP contribution in [0, 0.1) is 5.92 Å². The monoisotopic (exact) mass is 149 g/mol. The highest BCUT2D eigenvalue weighted by Crippen LogP contribution is 2.01. The van der Waals surface area contributed by atoms with E-state index < -0.39 is 0 Å². The number of hydrogen-bond donors (Lipinski definition) is 2. The third kappa shape index (κ3) is 4.29. The molecule has 0 amide bonds. The molecule has 1 atom stereocenters. The molecule has 0 rings (SSSR count). The van der Waals surface area contributed by atoms with E-state index in [4.69, 9.17) is 5.11 Å². The lowest BCUT2D eigenvalue weighted by Gasteiger charge is -2.04. The number of hydrogen-bond acceptors (Lipinski definition) is 4. The van der Waals surface area contributed by atoms with Gasteiger partial charge in [-0.25, -0.2) is 0 Å². The molecule has 0 aromatic rings. The summed E-state index contributed by atoms with van der Waals surface area (Å²) in [6, 6.07) is 0. The fraction of sp³-hybridized carbons (Fsp3) is 0.833. The fourth-order valence-corrected chi connectivity index (χ4v) is 0.513. The summed E-state index contributed by atoms with van der Waals surface area (Å²) in [5.41, 5.74) is 0. The predicted octanol–water partition coefficient (Wildman–Crippen LogP) is 0.340. The van der Waals surface area contributed by atoms with Gasteiger partial charge in [0.05, 0.1) is 13.0 Å². The van der Waals surface area contributed by atoms with E-state index in [2.05, 4.69) is 4.74 Å². The van der Waals surface area contributed by atoms with Crippen molar-refractivity contribution in [2.24, 2.45) is 5.92 Å². The molecule has 4 N–H and O–H groups in total. The van der Waals surface area contributed by atoms with Crippen molar-refractivity contribution < 1.29 is 14.6 Å². The molecule has 0 saturated heterocycles. The first kappa shape index (κ1) is 12.1. The molecule has 0 radical (unpaired) electrons. The highest BCUT2D eigenvalue weighted by molar-refractivity contribution is 5.71. The largest absolute Gasteiger partial charge is 0.469 e. The van der Waals surface area contributed by atoms with Gasteiger partial charge in [-0.2, -0.15) is 0 Å². The Morgan fingerprint density at radius 1 is 1.70 bits per heavy atom. The molecule has 0 fully saturated rings. The van der Waals surface area contributed by atoms with E-state index in [1.165, 1.54) is 7.11 Å². The maximum absolute atomic E-state index is 10.6. The maximum atomic E-state index is 10.6. The summed E-state index contributed by atoms with van der Waals surface area (Å²) >= 11 is 0. The van der Waals surface area contributed by atoms with Crippen molar-refractivity contribution in [2.75, 3.05) is 13.7 Å². The number of carbonyl (C=O) groups excluding carboxylic acids is 1. The Labute approximate surface area is 60.8 Å². The molecule has 0 aliphatic heterocycles. The minimum absolute atomic E-state index is 0. The molecule has 0 aromatic carbocycles. The van der Waals surface area contributed by atoms with Crippen LogP contribution in [0.15, 0.2) is 0 Å². The minimum atomic E-state index is -0.260. The van der Waals surface area contributed by atoms with Gasteiger partial charge in [-0.05, 0) is 6.42 Å². The third-order valence-electron chi connectivity index (χ3n) is 1.17. The molecule has 0 heterocycles. The number of carbonyl (C=O) groups is 1. The standard InChI is InChI=1S/C6H12O3.H3N/c1-5(3-4-7)6(8)9-2;/h5,7H,3-4H2,1-2H3;1H3. The van der Waals surface area contributed by atoms with Crippen molar-refractivity contribution >= 4 is 5.97 Å². The van der Waals surface area contributed by atoms with Crippen LogP contribution in [0.25, 0.3) is 0 Å². The number of methoxy groups -OCH3 is 1. The van der Waals surface area contributed by atoms with E-state index in [9.17, 15) is 4.79 Å². The van der Waals surface area contributed by atoms with Crippen LogP contribution in [0.1, 0.15) is 13.3 Å². The Balaban J connectivity index is 0. The van der Waals surface area contributed by atoms with Gasteiger partial charge in [0.2, 0.25) is 0 Å². The molecule has 1 unspecified atom stereocenters. The van der Waals surface area contributed by atoms with Gasteiger partial charge in [0.15, 0.2) is 0 Å². The van der Waals surface area contributed by atoms with E-state index in [1.807, 2.05) is 0 Å². The van der Waals surface area contributed by atoms with Crippen molar-refractivity contribution in [1.82, 2.24) is 6.15 Å². The summed E-state index contributed by atoms with van der Waals surface area (Å²) in [5.74, 6) is -0.441. The van der Waals surface area contributed by atoms with E-state index in [0.29, 0.717) is 6.42 Å². The molecular weight excluding hydrogens is 134 g/mol. The first-order chi connectivity index (χ1) is 4.22. The second-order valence-corrected chi connectivity index (χ2v) is 1.94. The van der Waals surface area contributed by atoms with Gasteiger partial charge in [0.25, 0.3) is 0 Å². The van der Waals surface area contributed by atoms with Crippen molar-refractivity contribution in [3.05, 3.63) is 0 Å². The highest BCUT2D eigenvalue weighted by atomic mass is 16.5. The van der Waals surface area contributed by atoms with Crippen LogP contribution in [-0.2, 0) is 9.53 Å². The third-order valence-corrected chi connectivity index (χ3v) is 1.17. The second-order valence-electron chi connectivity index (χ2n) is 1.94. The number of esters is 1. The van der Waals surface area contributed by atoms with Crippen LogP contribution in [0.2, 0.25) is 0 Å². The molecule has 4 heteroatoms.